The predicted octanol–water partition coefficient (Wildman–Crippen LogP) is 2.70. The first-order chi connectivity index (χ1) is 13.7. The minimum Gasteiger partial charge on any atom is -0.474 e. The Morgan fingerprint density at radius 2 is 2.18 bits per heavy atom. The van der Waals surface area contributed by atoms with Crippen LogP contribution < -0.4 is 10.1 Å². The van der Waals surface area contributed by atoms with Gasteiger partial charge >= 0.3 is 0 Å². The molecule has 0 spiro atoms. The van der Waals surface area contributed by atoms with Crippen molar-refractivity contribution in [2.45, 2.75) is 50.7 Å². The maximum absolute atomic E-state index is 6.16. The summed E-state index contributed by atoms with van der Waals surface area (Å²) in [6.07, 6.45) is 12.1. The second-order valence-electron chi connectivity index (χ2n) is 7.77. The highest BCUT2D eigenvalue weighted by Gasteiger charge is 2.27. The highest BCUT2D eigenvalue weighted by atomic mass is 16.5. The first-order valence-corrected chi connectivity index (χ1v) is 10.3. The molecule has 1 atom stereocenters. The van der Waals surface area contributed by atoms with Crippen LogP contribution in [0.1, 0.15) is 49.1 Å². The van der Waals surface area contributed by atoms with E-state index in [1.54, 1.807) is 0 Å². The fraction of sp³-hybridized carbons (Fsp3) is 0.571. The molecular weight excluding hydrogens is 352 g/mol. The fourth-order valence-corrected chi connectivity index (χ4v) is 4.21. The lowest BCUT2D eigenvalue weighted by atomic mass is 10.0. The van der Waals surface area contributed by atoms with Crippen LogP contribution in [0.4, 0.5) is 0 Å². The Labute approximate surface area is 166 Å². The van der Waals surface area contributed by atoms with Crippen LogP contribution >= 0.6 is 0 Å². The van der Waals surface area contributed by atoms with Crippen molar-refractivity contribution in [3.05, 3.63) is 41.9 Å². The fourth-order valence-electron chi connectivity index (χ4n) is 4.21. The van der Waals surface area contributed by atoms with Crippen LogP contribution in [-0.2, 0) is 13.6 Å². The first-order valence-electron chi connectivity index (χ1n) is 10.3. The van der Waals surface area contributed by atoms with Crippen molar-refractivity contribution < 1.29 is 4.74 Å². The maximum Gasteiger partial charge on any atom is 0.218 e. The van der Waals surface area contributed by atoms with Crippen LogP contribution in [0, 0.1) is 0 Å². The molecule has 2 aromatic rings. The molecule has 1 unspecified atom stereocenters. The van der Waals surface area contributed by atoms with Gasteiger partial charge in [-0.15, -0.1) is 0 Å². The number of pyridine rings is 1. The molecule has 7 heteroatoms. The van der Waals surface area contributed by atoms with Crippen molar-refractivity contribution in [1.82, 2.24) is 25.0 Å². The van der Waals surface area contributed by atoms with Crippen LogP contribution in [0.3, 0.4) is 0 Å². The van der Waals surface area contributed by atoms with Crippen molar-refractivity contribution in [2.75, 3.05) is 20.1 Å². The largest absolute Gasteiger partial charge is 0.474 e. The van der Waals surface area contributed by atoms with Crippen molar-refractivity contribution >= 4 is 5.96 Å². The van der Waals surface area contributed by atoms with E-state index in [-0.39, 0.29) is 0 Å². The van der Waals surface area contributed by atoms with Gasteiger partial charge in [0.2, 0.25) is 5.88 Å². The molecule has 1 saturated carbocycles. The Morgan fingerprint density at radius 1 is 1.32 bits per heavy atom. The molecule has 7 nitrogen and oxygen atoms in total. The Kier molecular flexibility index (Phi) is 5.78. The topological polar surface area (TPSA) is 67.6 Å². The normalized spacial score (nSPS) is 20.7. The molecule has 1 aliphatic heterocycles. The van der Waals surface area contributed by atoms with E-state index in [4.69, 9.17) is 4.74 Å². The lowest BCUT2D eigenvalue weighted by Gasteiger charge is -2.22. The highest BCUT2D eigenvalue weighted by Crippen LogP contribution is 2.27. The summed E-state index contributed by atoms with van der Waals surface area (Å²) in [5.41, 5.74) is 2.39. The zero-order chi connectivity index (χ0) is 19.3. The molecule has 3 heterocycles. The number of nitrogens with one attached hydrogen (secondary N) is 1. The highest BCUT2D eigenvalue weighted by molar-refractivity contribution is 5.80. The van der Waals surface area contributed by atoms with E-state index in [9.17, 15) is 0 Å². The Balaban J connectivity index is 1.36. The summed E-state index contributed by atoms with van der Waals surface area (Å²) in [4.78, 5) is 11.3. The van der Waals surface area contributed by atoms with Crippen LogP contribution in [0.15, 0.2) is 35.7 Å². The molecule has 28 heavy (non-hydrogen) atoms. The van der Waals surface area contributed by atoms with Gasteiger partial charge < -0.3 is 15.0 Å². The number of rotatable bonds is 5. The van der Waals surface area contributed by atoms with Crippen molar-refractivity contribution in [2.24, 2.45) is 12.0 Å². The molecule has 0 amide bonds. The minimum absolute atomic E-state index is 0.312. The van der Waals surface area contributed by atoms with Gasteiger partial charge in [0, 0.05) is 57.6 Å². The molecule has 150 valence electrons. The van der Waals surface area contributed by atoms with Gasteiger partial charge in [-0.3, -0.25) is 9.67 Å². The van der Waals surface area contributed by atoms with E-state index in [1.165, 1.54) is 18.4 Å². The number of hydrogen-bond donors (Lipinski definition) is 1. The molecule has 2 aliphatic rings. The van der Waals surface area contributed by atoms with Gasteiger partial charge in [-0.2, -0.15) is 5.10 Å². The summed E-state index contributed by atoms with van der Waals surface area (Å²) in [6.45, 7) is 2.62. The quantitative estimate of drug-likeness (QED) is 0.636. The van der Waals surface area contributed by atoms with Gasteiger partial charge in [-0.05, 0) is 43.7 Å². The number of likely N-dealkylation sites (tertiary alicyclic amines) is 1. The molecule has 0 bridgehead atoms. The summed E-state index contributed by atoms with van der Waals surface area (Å²) in [6, 6.07) is 4.05. The molecule has 1 N–H and O–H groups in total. The summed E-state index contributed by atoms with van der Waals surface area (Å²) in [5, 5.41) is 7.82. The van der Waals surface area contributed by atoms with Crippen LogP contribution in [0.25, 0.3) is 0 Å². The third-order valence-corrected chi connectivity index (χ3v) is 5.76. The summed E-state index contributed by atoms with van der Waals surface area (Å²) < 4.78 is 8.04. The summed E-state index contributed by atoms with van der Waals surface area (Å²) in [5.74, 6) is 2.20. The molecule has 2 fully saturated rings. The Morgan fingerprint density at radius 3 is 2.93 bits per heavy atom. The number of aromatic nitrogens is 3. The Hall–Kier alpha value is -2.57. The van der Waals surface area contributed by atoms with Gasteiger partial charge in [0.05, 0.1) is 6.20 Å². The number of aryl methyl sites for hydroxylation is 1. The SMILES string of the molecule is CN=C(NCc1cccnc1OC1CCCC1)N1CCC(c2cnn(C)c2)C1. The number of aliphatic imine (C=N–C) groups is 1. The third-order valence-electron chi connectivity index (χ3n) is 5.76. The predicted molar refractivity (Wildman–Crippen MR) is 109 cm³/mol. The average molecular weight is 383 g/mol. The van der Waals surface area contributed by atoms with Gasteiger partial charge in [0.1, 0.15) is 6.10 Å². The molecule has 0 aromatic carbocycles. The van der Waals surface area contributed by atoms with Crippen molar-refractivity contribution in [3.8, 4) is 5.88 Å². The van der Waals surface area contributed by atoms with E-state index >= 15 is 0 Å². The first kappa shape index (κ1) is 18.8. The van der Waals surface area contributed by atoms with E-state index < -0.39 is 0 Å². The minimum atomic E-state index is 0.312. The average Bonchev–Trinajstić information content (AvgIpc) is 3.45. The monoisotopic (exact) mass is 382 g/mol. The molecule has 4 rings (SSSR count). The van der Waals surface area contributed by atoms with Gasteiger partial charge in [0.25, 0.3) is 0 Å². The second-order valence-corrected chi connectivity index (χ2v) is 7.77. The molecule has 1 saturated heterocycles. The number of guanidine groups is 1. The van der Waals surface area contributed by atoms with Crippen molar-refractivity contribution in [3.63, 3.8) is 0 Å². The third kappa shape index (κ3) is 4.29. The number of hydrogen-bond acceptors (Lipinski definition) is 4. The van der Waals surface area contributed by atoms with Crippen LogP contribution in [0.2, 0.25) is 0 Å². The lowest BCUT2D eigenvalue weighted by Crippen LogP contribution is -2.39. The van der Waals surface area contributed by atoms with Gasteiger partial charge in [-0.1, -0.05) is 6.07 Å². The molecule has 2 aromatic heterocycles. The smallest absolute Gasteiger partial charge is 0.218 e. The maximum atomic E-state index is 6.16. The lowest BCUT2D eigenvalue weighted by molar-refractivity contribution is 0.199. The molecule has 1 aliphatic carbocycles. The van der Waals surface area contributed by atoms with Gasteiger partial charge in [-0.25, -0.2) is 4.98 Å². The molecular formula is C21H30N6O. The van der Waals surface area contributed by atoms with E-state index in [0.717, 1.165) is 49.8 Å². The van der Waals surface area contributed by atoms with Crippen LogP contribution in [0.5, 0.6) is 5.88 Å². The number of nitrogens with zero attached hydrogens (tertiary/aromatic N) is 5. The Bertz CT molecular complexity index is 811. The zero-order valence-electron chi connectivity index (χ0n) is 16.8. The summed E-state index contributed by atoms with van der Waals surface area (Å²) in [7, 11) is 3.81. The van der Waals surface area contributed by atoms with E-state index in [2.05, 4.69) is 37.6 Å². The van der Waals surface area contributed by atoms with Crippen molar-refractivity contribution in [1.29, 1.82) is 0 Å². The standard InChI is InChI=1S/C21H30N6O/c1-22-21(27-11-9-17(15-27)18-13-25-26(2)14-18)24-12-16-6-5-10-23-20(16)28-19-7-3-4-8-19/h5-6,10,13-14,17,19H,3-4,7-9,11-12,15H2,1-2H3,(H,22,24). The zero-order valence-corrected chi connectivity index (χ0v) is 16.8. The number of ether oxygens (including phenoxy) is 1. The van der Waals surface area contributed by atoms with Crippen LogP contribution in [-0.4, -0.2) is 51.9 Å². The van der Waals surface area contributed by atoms with E-state index in [1.807, 2.05) is 37.2 Å². The van der Waals surface area contributed by atoms with E-state index in [0.29, 0.717) is 18.6 Å². The second kappa shape index (κ2) is 8.63. The molecule has 0 radical (unpaired) electrons. The summed E-state index contributed by atoms with van der Waals surface area (Å²) >= 11 is 0. The van der Waals surface area contributed by atoms with Gasteiger partial charge in [0.15, 0.2) is 5.96 Å².